The average molecular weight is 339 g/mol. The van der Waals surface area contributed by atoms with Crippen molar-refractivity contribution in [3.63, 3.8) is 0 Å². The van der Waals surface area contributed by atoms with E-state index in [9.17, 15) is 14.7 Å². The first-order chi connectivity index (χ1) is 11.1. The lowest BCUT2D eigenvalue weighted by atomic mass is 9.92. The van der Waals surface area contributed by atoms with Gasteiger partial charge >= 0.3 is 5.97 Å². The number of hydrogen-bond acceptors (Lipinski definition) is 5. The van der Waals surface area contributed by atoms with Gasteiger partial charge in [-0.05, 0) is 42.5 Å². The Hall–Kier alpha value is -1.73. The Morgan fingerprint density at radius 2 is 2.04 bits per heavy atom. The number of carbonyl (C=O) groups is 2. The second kappa shape index (κ2) is 8.21. The first kappa shape index (κ1) is 17.6. The second-order valence-corrected chi connectivity index (χ2v) is 6.55. The molecule has 1 saturated heterocycles. The molecule has 1 aromatic rings. The second-order valence-electron chi connectivity index (χ2n) is 5.32. The van der Waals surface area contributed by atoms with Crippen LogP contribution in [0.3, 0.4) is 0 Å². The van der Waals surface area contributed by atoms with Gasteiger partial charge in [0, 0.05) is 12.7 Å². The summed E-state index contributed by atoms with van der Waals surface area (Å²) >= 11 is 1.70. The van der Waals surface area contributed by atoms with E-state index >= 15 is 0 Å². The van der Waals surface area contributed by atoms with Crippen LogP contribution in [0.5, 0.6) is 5.75 Å². The van der Waals surface area contributed by atoms with Gasteiger partial charge in [-0.3, -0.25) is 4.79 Å². The SMILES string of the molecule is COCCOc1cccc(C(=O)NC2(C(=O)O)CCSCC2)c1. The fourth-order valence-electron chi connectivity index (χ4n) is 2.37. The Morgan fingerprint density at radius 1 is 1.30 bits per heavy atom. The molecule has 23 heavy (non-hydrogen) atoms. The van der Waals surface area contributed by atoms with Crippen molar-refractivity contribution < 1.29 is 24.2 Å². The summed E-state index contributed by atoms with van der Waals surface area (Å²) in [4.78, 5) is 24.1. The molecule has 0 bridgehead atoms. The van der Waals surface area contributed by atoms with Crippen LogP contribution in [0.2, 0.25) is 0 Å². The molecule has 0 spiro atoms. The van der Waals surface area contributed by atoms with Crippen LogP contribution in [-0.2, 0) is 9.53 Å². The molecule has 1 heterocycles. The molecule has 0 radical (unpaired) electrons. The van der Waals surface area contributed by atoms with Crippen LogP contribution in [0.4, 0.5) is 0 Å². The van der Waals surface area contributed by atoms with E-state index < -0.39 is 17.4 Å². The molecule has 2 rings (SSSR count). The summed E-state index contributed by atoms with van der Waals surface area (Å²) in [7, 11) is 1.58. The fraction of sp³-hybridized carbons (Fsp3) is 0.500. The fourth-order valence-corrected chi connectivity index (χ4v) is 3.56. The molecule has 2 N–H and O–H groups in total. The first-order valence-corrected chi connectivity index (χ1v) is 8.58. The van der Waals surface area contributed by atoms with Crippen LogP contribution in [0, 0.1) is 0 Å². The van der Waals surface area contributed by atoms with Gasteiger partial charge < -0.3 is 19.9 Å². The summed E-state index contributed by atoms with van der Waals surface area (Å²) in [6.45, 7) is 0.841. The van der Waals surface area contributed by atoms with Crippen LogP contribution in [0.25, 0.3) is 0 Å². The Labute approximate surface area is 139 Å². The van der Waals surface area contributed by atoms with Crippen molar-refractivity contribution in [2.45, 2.75) is 18.4 Å². The molecular weight excluding hydrogens is 318 g/mol. The molecule has 7 heteroatoms. The molecule has 0 atom stereocenters. The maximum Gasteiger partial charge on any atom is 0.329 e. The van der Waals surface area contributed by atoms with Crippen LogP contribution < -0.4 is 10.1 Å². The maximum atomic E-state index is 12.4. The molecule has 126 valence electrons. The van der Waals surface area contributed by atoms with Gasteiger partial charge in [-0.15, -0.1) is 0 Å². The summed E-state index contributed by atoms with van der Waals surface area (Å²) < 4.78 is 10.4. The number of nitrogens with one attached hydrogen (secondary N) is 1. The van der Waals surface area contributed by atoms with E-state index in [1.165, 1.54) is 0 Å². The third kappa shape index (κ3) is 4.62. The number of rotatable bonds is 7. The molecule has 1 amide bonds. The highest BCUT2D eigenvalue weighted by Gasteiger charge is 2.41. The largest absolute Gasteiger partial charge is 0.491 e. The smallest absolute Gasteiger partial charge is 0.329 e. The maximum absolute atomic E-state index is 12.4. The van der Waals surface area contributed by atoms with Crippen molar-refractivity contribution in [2.75, 3.05) is 31.8 Å². The van der Waals surface area contributed by atoms with Crippen molar-refractivity contribution in [3.8, 4) is 5.75 Å². The van der Waals surface area contributed by atoms with Crippen molar-refractivity contribution in [3.05, 3.63) is 29.8 Å². The van der Waals surface area contributed by atoms with Gasteiger partial charge in [0.25, 0.3) is 5.91 Å². The number of aliphatic carboxylic acids is 1. The van der Waals surface area contributed by atoms with E-state index in [2.05, 4.69) is 5.32 Å². The lowest BCUT2D eigenvalue weighted by Gasteiger charge is -2.33. The molecule has 1 aliphatic rings. The highest BCUT2D eigenvalue weighted by atomic mass is 32.2. The zero-order valence-corrected chi connectivity index (χ0v) is 13.9. The highest BCUT2D eigenvalue weighted by Crippen LogP contribution is 2.28. The predicted molar refractivity (Wildman–Crippen MR) is 88.2 cm³/mol. The molecular formula is C16H21NO5S. The van der Waals surface area contributed by atoms with Crippen molar-refractivity contribution in [1.29, 1.82) is 0 Å². The number of methoxy groups -OCH3 is 1. The van der Waals surface area contributed by atoms with Crippen LogP contribution >= 0.6 is 11.8 Å². The normalized spacial score (nSPS) is 16.6. The van der Waals surface area contributed by atoms with Gasteiger partial charge in [0.05, 0.1) is 6.61 Å². The third-order valence-corrected chi connectivity index (χ3v) is 4.75. The minimum absolute atomic E-state index is 0.387. The molecule has 1 fully saturated rings. The molecule has 0 unspecified atom stereocenters. The minimum atomic E-state index is -1.17. The quantitative estimate of drug-likeness (QED) is 0.737. The average Bonchev–Trinajstić information content (AvgIpc) is 2.56. The zero-order valence-electron chi connectivity index (χ0n) is 13.0. The van der Waals surface area contributed by atoms with Crippen LogP contribution in [0.15, 0.2) is 24.3 Å². The van der Waals surface area contributed by atoms with Gasteiger partial charge in [0.1, 0.15) is 17.9 Å². The summed E-state index contributed by atoms with van der Waals surface area (Å²) in [6, 6.07) is 6.71. The number of hydrogen-bond donors (Lipinski definition) is 2. The Kier molecular flexibility index (Phi) is 6.29. The molecule has 1 aromatic carbocycles. The van der Waals surface area contributed by atoms with Gasteiger partial charge in [-0.25, -0.2) is 4.79 Å². The molecule has 0 saturated carbocycles. The molecule has 0 aliphatic carbocycles. The molecule has 1 aliphatic heterocycles. The van der Waals surface area contributed by atoms with Crippen LogP contribution in [-0.4, -0.2) is 54.4 Å². The van der Waals surface area contributed by atoms with Gasteiger partial charge in [0.2, 0.25) is 0 Å². The number of thioether (sulfide) groups is 1. The van der Waals surface area contributed by atoms with E-state index in [1.54, 1.807) is 43.1 Å². The number of carboxylic acids is 1. The first-order valence-electron chi connectivity index (χ1n) is 7.43. The highest BCUT2D eigenvalue weighted by molar-refractivity contribution is 7.99. The van der Waals surface area contributed by atoms with E-state index in [0.29, 0.717) is 37.4 Å². The summed E-state index contributed by atoms with van der Waals surface area (Å²) in [6.07, 6.45) is 0.867. The van der Waals surface area contributed by atoms with Gasteiger partial charge in [0.15, 0.2) is 0 Å². The van der Waals surface area contributed by atoms with Crippen LogP contribution in [0.1, 0.15) is 23.2 Å². The lowest BCUT2D eigenvalue weighted by Crippen LogP contribution is -2.56. The third-order valence-electron chi connectivity index (χ3n) is 3.76. The minimum Gasteiger partial charge on any atom is -0.491 e. The van der Waals surface area contributed by atoms with Gasteiger partial charge in [-0.1, -0.05) is 6.07 Å². The van der Waals surface area contributed by atoms with Crippen molar-refractivity contribution in [1.82, 2.24) is 5.32 Å². The lowest BCUT2D eigenvalue weighted by molar-refractivity contribution is -0.144. The summed E-state index contributed by atoms with van der Waals surface area (Å²) in [5.41, 5.74) is -0.784. The predicted octanol–water partition coefficient (Wildman–Crippen LogP) is 1.79. The number of benzene rings is 1. The van der Waals surface area contributed by atoms with E-state index in [-0.39, 0.29) is 0 Å². The Balaban J connectivity index is 2.07. The van der Waals surface area contributed by atoms with Crippen molar-refractivity contribution in [2.24, 2.45) is 0 Å². The number of ether oxygens (including phenoxy) is 2. The summed E-state index contributed by atoms with van der Waals surface area (Å²) in [5, 5.41) is 12.2. The molecule has 6 nitrogen and oxygen atoms in total. The van der Waals surface area contributed by atoms with E-state index in [1.807, 2.05) is 0 Å². The topological polar surface area (TPSA) is 84.9 Å². The van der Waals surface area contributed by atoms with Gasteiger partial charge in [-0.2, -0.15) is 11.8 Å². The summed E-state index contributed by atoms with van der Waals surface area (Å²) in [5.74, 6) is 0.646. The zero-order chi connectivity index (χ0) is 16.7. The Bertz CT molecular complexity index is 557. The number of carboxylic acid groups (broad SMARTS) is 1. The number of carbonyl (C=O) groups excluding carboxylic acids is 1. The van der Waals surface area contributed by atoms with E-state index in [4.69, 9.17) is 9.47 Å². The standard InChI is InChI=1S/C16H21NO5S/c1-21-7-8-22-13-4-2-3-12(11-13)14(18)17-16(15(19)20)5-9-23-10-6-16/h2-4,11H,5-10H2,1H3,(H,17,18)(H,19,20). The Morgan fingerprint density at radius 3 is 2.70 bits per heavy atom. The number of amides is 1. The van der Waals surface area contributed by atoms with E-state index in [0.717, 1.165) is 11.5 Å². The van der Waals surface area contributed by atoms with Crippen molar-refractivity contribution >= 4 is 23.6 Å². The monoisotopic (exact) mass is 339 g/mol. The molecule has 0 aromatic heterocycles.